The summed E-state index contributed by atoms with van der Waals surface area (Å²) in [5, 5.41) is 7.58. The number of alkyl carbamates (subject to hydrolysis) is 2. The molecule has 61 heavy (non-hydrogen) atoms. The van der Waals surface area contributed by atoms with E-state index in [4.69, 9.17) is 28.9 Å². The van der Waals surface area contributed by atoms with Gasteiger partial charge in [-0.1, -0.05) is 45.9 Å². The Kier molecular flexibility index (Phi) is 11.8. The molecule has 0 unspecified atom stereocenters. The van der Waals surface area contributed by atoms with Crippen molar-refractivity contribution in [1.82, 2.24) is 30.4 Å². The van der Waals surface area contributed by atoms with Crippen LogP contribution in [-0.2, 0) is 36.8 Å². The molecule has 4 aromatic rings. The van der Waals surface area contributed by atoms with Crippen LogP contribution < -0.4 is 15.4 Å². The average molecular weight is 834 g/mol. The van der Waals surface area contributed by atoms with Gasteiger partial charge < -0.3 is 44.4 Å². The van der Waals surface area contributed by atoms with Crippen molar-refractivity contribution in [2.75, 3.05) is 33.9 Å². The monoisotopic (exact) mass is 833 g/mol. The number of rotatable bonds is 11. The Labute approximate surface area is 355 Å². The lowest BCUT2D eigenvalue weighted by Gasteiger charge is -2.30. The van der Waals surface area contributed by atoms with Crippen molar-refractivity contribution >= 4 is 46.2 Å². The maximum atomic E-state index is 14.1. The highest BCUT2D eigenvalue weighted by Gasteiger charge is 2.43. The maximum absolute atomic E-state index is 14.1. The number of carbonyl (C=O) groups is 4. The van der Waals surface area contributed by atoms with Crippen LogP contribution >= 0.6 is 0 Å². The summed E-state index contributed by atoms with van der Waals surface area (Å²) >= 11 is 0. The van der Waals surface area contributed by atoms with E-state index in [9.17, 15) is 19.2 Å². The first-order valence-corrected chi connectivity index (χ1v) is 21.3. The van der Waals surface area contributed by atoms with Crippen LogP contribution in [0.15, 0.2) is 53.7 Å². The highest BCUT2D eigenvalue weighted by molar-refractivity contribution is 6.06. The van der Waals surface area contributed by atoms with Gasteiger partial charge in [0.15, 0.2) is 0 Å². The molecule has 3 N–H and O–H groups in total. The Bertz CT molecular complexity index is 2390. The summed E-state index contributed by atoms with van der Waals surface area (Å²) in [6.45, 7) is 11.5. The maximum Gasteiger partial charge on any atom is 0.407 e. The fourth-order valence-corrected chi connectivity index (χ4v) is 9.33. The third-order valence-corrected chi connectivity index (χ3v) is 12.5. The zero-order valence-electron chi connectivity index (χ0n) is 35.9. The van der Waals surface area contributed by atoms with E-state index in [1.165, 1.54) is 14.2 Å². The number of aliphatic imine (C=N–C) groups is 1. The number of nitrogens with one attached hydrogen (secondary N) is 3. The molecule has 3 aromatic carbocycles. The number of methoxy groups -OCH3 is 2. The van der Waals surface area contributed by atoms with E-state index in [0.29, 0.717) is 45.0 Å². The third-order valence-electron chi connectivity index (χ3n) is 12.5. The van der Waals surface area contributed by atoms with Crippen LogP contribution in [0.4, 0.5) is 15.3 Å². The van der Waals surface area contributed by atoms with E-state index in [1.54, 1.807) is 0 Å². The molecular formula is C46H55N7O8. The van der Waals surface area contributed by atoms with Crippen molar-refractivity contribution in [2.45, 2.75) is 97.2 Å². The number of aromatic amines is 1. The summed E-state index contributed by atoms with van der Waals surface area (Å²) in [5.74, 6) is 0.919. The number of imidazole rings is 1. The van der Waals surface area contributed by atoms with Gasteiger partial charge in [0, 0.05) is 43.8 Å². The van der Waals surface area contributed by atoms with Crippen LogP contribution in [0.25, 0.3) is 33.2 Å². The lowest BCUT2D eigenvalue weighted by Crippen LogP contribution is -2.54. The number of nitrogens with zero attached hydrogens (tertiary/aromatic N) is 4. The molecule has 1 aromatic heterocycles. The molecule has 2 saturated heterocycles. The van der Waals surface area contributed by atoms with Crippen molar-refractivity contribution in [3.63, 3.8) is 0 Å². The number of carbonyl (C=O) groups excluding carboxylic acids is 4. The Morgan fingerprint density at radius 2 is 1.62 bits per heavy atom. The second-order valence-electron chi connectivity index (χ2n) is 17.0. The quantitative estimate of drug-likeness (QED) is 0.146. The molecule has 0 bridgehead atoms. The Morgan fingerprint density at radius 3 is 2.31 bits per heavy atom. The van der Waals surface area contributed by atoms with Crippen LogP contribution in [0.2, 0.25) is 0 Å². The minimum Gasteiger partial charge on any atom is -0.488 e. The summed E-state index contributed by atoms with van der Waals surface area (Å²) in [6.07, 6.45) is 3.21. The first-order valence-electron chi connectivity index (χ1n) is 21.3. The second-order valence-corrected chi connectivity index (χ2v) is 17.0. The molecule has 0 radical (unpaired) electrons. The third kappa shape index (κ3) is 8.03. The van der Waals surface area contributed by atoms with Crippen molar-refractivity contribution in [1.29, 1.82) is 0 Å². The normalized spacial score (nSPS) is 20.1. The molecule has 2 fully saturated rings. The van der Waals surface area contributed by atoms with Crippen molar-refractivity contribution < 1.29 is 38.1 Å². The molecule has 322 valence electrons. The molecule has 4 aliphatic rings. The molecule has 15 heteroatoms. The second kappa shape index (κ2) is 17.2. The molecule has 0 spiro atoms. The SMILES string of the molecule is CCO[C@H]1C[C@@H](C2=Nc3ccc4cc5c(cc4c3C2)OCc2cc(-c3cnc([C@@H]4CCCN4C(=O)[C@@H](NC(=O)OC)C(C)C)[nH]3)ccc2-5)N(C(=O)[C@@H](NC(=O)OC)C(C)C)C1. The number of benzene rings is 3. The van der Waals surface area contributed by atoms with E-state index in [-0.39, 0.29) is 41.8 Å². The highest BCUT2D eigenvalue weighted by Crippen LogP contribution is 2.45. The van der Waals surface area contributed by atoms with Gasteiger partial charge in [-0.25, -0.2) is 14.6 Å². The first kappa shape index (κ1) is 41.8. The number of H-pyrrole nitrogens is 1. The number of aromatic nitrogens is 2. The van der Waals surface area contributed by atoms with E-state index < -0.39 is 24.3 Å². The Morgan fingerprint density at radius 1 is 0.902 bits per heavy atom. The van der Waals surface area contributed by atoms with Crippen LogP contribution in [0.5, 0.6) is 5.75 Å². The van der Waals surface area contributed by atoms with E-state index >= 15 is 0 Å². The topological polar surface area (TPSA) is 177 Å². The number of likely N-dealkylation sites (tertiary alicyclic amines) is 2. The largest absolute Gasteiger partial charge is 0.488 e. The van der Waals surface area contributed by atoms with Gasteiger partial charge in [-0.05, 0) is 88.9 Å². The molecule has 0 aliphatic carbocycles. The smallest absolute Gasteiger partial charge is 0.407 e. The minimum atomic E-state index is -0.748. The Balaban J connectivity index is 1.01. The van der Waals surface area contributed by atoms with E-state index in [2.05, 4.69) is 58.1 Å². The Hall–Kier alpha value is -5.96. The highest BCUT2D eigenvalue weighted by atomic mass is 16.5. The average Bonchev–Trinajstić information content (AvgIpc) is 4.09. The summed E-state index contributed by atoms with van der Waals surface area (Å²) in [5.41, 5.74) is 7.84. The van der Waals surface area contributed by atoms with Crippen molar-refractivity contribution in [3.8, 4) is 28.1 Å². The van der Waals surface area contributed by atoms with Crippen LogP contribution in [-0.4, -0.2) is 108 Å². The van der Waals surface area contributed by atoms with Crippen molar-refractivity contribution in [2.24, 2.45) is 16.8 Å². The van der Waals surface area contributed by atoms with Gasteiger partial charge >= 0.3 is 12.2 Å². The van der Waals surface area contributed by atoms with Gasteiger partial charge in [-0.3, -0.25) is 14.6 Å². The van der Waals surface area contributed by atoms with Crippen LogP contribution in [0.3, 0.4) is 0 Å². The fraction of sp³-hybridized carbons (Fsp3) is 0.478. The number of hydrogen-bond donors (Lipinski definition) is 3. The van der Waals surface area contributed by atoms with Gasteiger partial charge in [0.25, 0.3) is 0 Å². The standard InChI is InChI=1S/C46H55N7O8/c1-8-60-29-18-38(53(22-29)44(55)41(25(4)5)51-46(57)59-7)35-19-32-31-20-39-33(17-26(31)12-14-34(32)48-35)30-13-11-27(16-28(30)23-61-39)36-21-47-42(49-36)37-10-9-15-52(37)43(54)40(24(2)3)50-45(56)58-6/h11-14,16-17,20-21,24-25,29,37-38,40-41H,8-10,15,18-19,22-23H2,1-7H3,(H,47,49)(H,50,56)(H,51,57)/t29-,37-,38-,40-,41-/m0/s1. The zero-order chi connectivity index (χ0) is 43.1. The first-order chi connectivity index (χ1) is 29.4. The summed E-state index contributed by atoms with van der Waals surface area (Å²) in [6, 6.07) is 12.8. The van der Waals surface area contributed by atoms with Gasteiger partial charge in [-0.2, -0.15) is 0 Å². The molecule has 4 amide bonds. The lowest BCUT2D eigenvalue weighted by atomic mass is 9.90. The van der Waals surface area contributed by atoms with Gasteiger partial charge in [0.05, 0.1) is 50.0 Å². The number of ether oxygens (including phenoxy) is 4. The zero-order valence-corrected chi connectivity index (χ0v) is 35.9. The van der Waals surface area contributed by atoms with Gasteiger partial charge in [-0.15, -0.1) is 0 Å². The van der Waals surface area contributed by atoms with Crippen LogP contribution in [0, 0.1) is 11.8 Å². The summed E-state index contributed by atoms with van der Waals surface area (Å²) in [7, 11) is 2.58. The number of hydrogen-bond acceptors (Lipinski definition) is 10. The minimum absolute atomic E-state index is 0.118. The predicted octanol–water partition coefficient (Wildman–Crippen LogP) is 6.85. The molecular weight excluding hydrogens is 779 g/mol. The van der Waals surface area contributed by atoms with Crippen molar-refractivity contribution in [3.05, 3.63) is 65.6 Å². The van der Waals surface area contributed by atoms with Gasteiger partial charge in [0.2, 0.25) is 11.8 Å². The molecule has 8 rings (SSSR count). The number of fused-ring (bicyclic) bond motifs is 6. The molecule has 5 atom stereocenters. The lowest BCUT2D eigenvalue weighted by molar-refractivity contribution is -0.136. The molecule has 4 aliphatic heterocycles. The molecule has 5 heterocycles. The van der Waals surface area contributed by atoms with E-state index in [0.717, 1.165) is 74.3 Å². The van der Waals surface area contributed by atoms with Crippen LogP contribution in [0.1, 0.15) is 76.9 Å². The number of amides is 4. The summed E-state index contributed by atoms with van der Waals surface area (Å²) < 4.78 is 22.1. The molecule has 15 nitrogen and oxygen atoms in total. The molecule has 0 saturated carbocycles. The summed E-state index contributed by atoms with van der Waals surface area (Å²) in [4.78, 5) is 68.9. The predicted molar refractivity (Wildman–Crippen MR) is 230 cm³/mol. The van der Waals surface area contributed by atoms with Gasteiger partial charge in [0.1, 0.15) is 30.3 Å². The fourth-order valence-electron chi connectivity index (χ4n) is 9.33. The van der Waals surface area contributed by atoms with E-state index in [1.807, 2.05) is 50.6 Å².